The number of rotatable bonds is 4. The number of carbonyl (C=O) groups is 2. The second kappa shape index (κ2) is 6.07. The highest BCUT2D eigenvalue weighted by Gasteiger charge is 2.48. The van der Waals surface area contributed by atoms with Crippen molar-refractivity contribution in [1.29, 1.82) is 0 Å². The van der Waals surface area contributed by atoms with Crippen molar-refractivity contribution in [3.63, 3.8) is 0 Å². The molecule has 2 unspecified atom stereocenters. The summed E-state index contributed by atoms with van der Waals surface area (Å²) in [4.78, 5) is 27.6. The van der Waals surface area contributed by atoms with E-state index in [4.69, 9.17) is 0 Å². The van der Waals surface area contributed by atoms with Gasteiger partial charge in [0.15, 0.2) is 0 Å². The maximum absolute atomic E-state index is 12.8. The van der Waals surface area contributed by atoms with Crippen LogP contribution in [-0.2, 0) is 4.79 Å². The minimum absolute atomic E-state index is 0.0737. The van der Waals surface area contributed by atoms with Gasteiger partial charge in [0, 0.05) is 19.3 Å². The smallest absolute Gasteiger partial charge is 0.327 e. The van der Waals surface area contributed by atoms with Crippen LogP contribution in [0.25, 0.3) is 0 Å². The molecule has 0 bridgehead atoms. The fourth-order valence-corrected chi connectivity index (χ4v) is 5.18. The predicted octanol–water partition coefficient (Wildman–Crippen LogP) is 2.47. The van der Waals surface area contributed by atoms with E-state index in [9.17, 15) is 14.7 Å². The van der Waals surface area contributed by atoms with Crippen LogP contribution in [0.2, 0.25) is 0 Å². The van der Waals surface area contributed by atoms with E-state index in [1.165, 1.54) is 25.7 Å². The van der Waals surface area contributed by atoms with E-state index < -0.39 is 12.0 Å². The Morgan fingerprint density at radius 2 is 1.90 bits per heavy atom. The summed E-state index contributed by atoms with van der Waals surface area (Å²) >= 11 is 1.64. The highest BCUT2D eigenvalue weighted by atomic mass is 32.2. The Labute approximate surface area is 130 Å². The summed E-state index contributed by atoms with van der Waals surface area (Å²) in [6, 6.07) is -0.740. The quantitative estimate of drug-likeness (QED) is 0.866. The molecule has 6 heteroatoms. The largest absolute Gasteiger partial charge is 0.480 e. The fraction of sp³-hybridized carbons (Fsp3) is 0.867. The molecule has 2 amide bonds. The predicted molar refractivity (Wildman–Crippen MR) is 82.2 cm³/mol. The van der Waals surface area contributed by atoms with Gasteiger partial charge in [-0.25, -0.2) is 9.59 Å². The van der Waals surface area contributed by atoms with Crippen LogP contribution in [0, 0.1) is 11.8 Å². The zero-order valence-electron chi connectivity index (χ0n) is 12.5. The molecule has 21 heavy (non-hydrogen) atoms. The molecule has 0 aromatic heterocycles. The van der Waals surface area contributed by atoms with E-state index in [2.05, 4.69) is 0 Å². The lowest BCUT2D eigenvalue weighted by Crippen LogP contribution is -2.51. The molecular formula is C15H24N2O3S. The average molecular weight is 312 g/mol. The standard InChI is InChI=1S/C15H24N2O3S/c1-16(8-10-4-2-3-5-10)15(20)17-12(14(18)19)9-21-13(17)11-6-7-11/h10-13H,2-9H2,1H3,(H,18,19). The van der Waals surface area contributed by atoms with E-state index in [1.54, 1.807) is 21.6 Å². The lowest BCUT2D eigenvalue weighted by Gasteiger charge is -2.32. The van der Waals surface area contributed by atoms with Crippen LogP contribution in [-0.4, -0.2) is 57.7 Å². The molecule has 0 spiro atoms. The van der Waals surface area contributed by atoms with Crippen molar-refractivity contribution < 1.29 is 14.7 Å². The van der Waals surface area contributed by atoms with Gasteiger partial charge in [-0.15, -0.1) is 11.8 Å². The Balaban J connectivity index is 1.67. The van der Waals surface area contributed by atoms with Crippen LogP contribution < -0.4 is 0 Å². The summed E-state index contributed by atoms with van der Waals surface area (Å²) in [5, 5.41) is 9.47. The molecule has 0 aromatic rings. The lowest BCUT2D eigenvalue weighted by molar-refractivity contribution is -0.141. The zero-order valence-corrected chi connectivity index (χ0v) is 13.3. The van der Waals surface area contributed by atoms with Gasteiger partial charge in [0.1, 0.15) is 6.04 Å². The first-order valence-electron chi connectivity index (χ1n) is 7.95. The number of nitrogens with zero attached hydrogens (tertiary/aromatic N) is 2. The first-order valence-corrected chi connectivity index (χ1v) is 9.00. The van der Waals surface area contributed by atoms with Gasteiger partial charge in [0.2, 0.25) is 0 Å². The summed E-state index contributed by atoms with van der Waals surface area (Å²) < 4.78 is 0. The van der Waals surface area contributed by atoms with Crippen molar-refractivity contribution in [3.05, 3.63) is 0 Å². The Kier molecular flexibility index (Phi) is 4.33. The third-order valence-electron chi connectivity index (χ3n) is 4.90. The third-order valence-corrected chi connectivity index (χ3v) is 6.36. The van der Waals surface area contributed by atoms with Crippen LogP contribution in [0.15, 0.2) is 0 Å². The number of carboxylic acid groups (broad SMARTS) is 1. The maximum atomic E-state index is 12.8. The van der Waals surface area contributed by atoms with Crippen LogP contribution in [0.5, 0.6) is 0 Å². The minimum Gasteiger partial charge on any atom is -0.480 e. The number of hydrogen-bond donors (Lipinski definition) is 1. The third kappa shape index (κ3) is 3.15. The number of aliphatic carboxylic acids is 1. The molecule has 0 radical (unpaired) electrons. The first-order chi connectivity index (χ1) is 10.1. The van der Waals surface area contributed by atoms with Gasteiger partial charge in [0.25, 0.3) is 0 Å². The average Bonchev–Trinajstić information content (AvgIpc) is 3.00. The number of urea groups is 1. The highest BCUT2D eigenvalue weighted by Crippen LogP contribution is 2.45. The van der Waals surface area contributed by atoms with Crippen molar-refractivity contribution in [1.82, 2.24) is 9.80 Å². The van der Waals surface area contributed by atoms with Crippen LogP contribution >= 0.6 is 11.8 Å². The summed E-state index contributed by atoms with van der Waals surface area (Å²) in [6.07, 6.45) is 7.16. The van der Waals surface area contributed by atoms with Crippen molar-refractivity contribution >= 4 is 23.8 Å². The monoisotopic (exact) mass is 312 g/mol. The van der Waals surface area contributed by atoms with Crippen LogP contribution in [0.4, 0.5) is 4.79 Å². The lowest BCUT2D eigenvalue weighted by atomic mass is 10.1. The molecule has 1 heterocycles. The number of amides is 2. The van der Waals surface area contributed by atoms with Gasteiger partial charge >= 0.3 is 12.0 Å². The Morgan fingerprint density at radius 3 is 2.48 bits per heavy atom. The molecule has 118 valence electrons. The molecule has 1 N–H and O–H groups in total. The molecule has 2 saturated carbocycles. The highest BCUT2D eigenvalue weighted by molar-refractivity contribution is 8.00. The maximum Gasteiger partial charge on any atom is 0.327 e. The fourth-order valence-electron chi connectivity index (χ4n) is 3.56. The summed E-state index contributed by atoms with van der Waals surface area (Å²) in [6.45, 7) is 0.768. The molecule has 0 aromatic carbocycles. The Hall–Kier alpha value is -0.910. The van der Waals surface area contributed by atoms with Gasteiger partial charge in [-0.3, -0.25) is 4.90 Å². The van der Waals surface area contributed by atoms with Crippen molar-refractivity contribution in [2.24, 2.45) is 11.8 Å². The van der Waals surface area contributed by atoms with Gasteiger partial charge in [-0.2, -0.15) is 0 Å². The summed E-state index contributed by atoms with van der Waals surface area (Å²) in [7, 11) is 1.83. The molecule has 1 aliphatic heterocycles. The van der Waals surface area contributed by atoms with Crippen molar-refractivity contribution in [2.75, 3.05) is 19.3 Å². The number of carboxylic acids is 1. The molecular weight excluding hydrogens is 288 g/mol. The molecule has 2 atom stereocenters. The van der Waals surface area contributed by atoms with Gasteiger partial charge in [-0.05, 0) is 37.5 Å². The van der Waals surface area contributed by atoms with Gasteiger partial charge in [0.05, 0.1) is 5.37 Å². The minimum atomic E-state index is -0.867. The van der Waals surface area contributed by atoms with Gasteiger partial charge in [-0.1, -0.05) is 12.8 Å². The van der Waals surface area contributed by atoms with E-state index in [0.717, 1.165) is 19.4 Å². The topological polar surface area (TPSA) is 60.9 Å². The Bertz CT molecular complexity index is 421. The van der Waals surface area contributed by atoms with E-state index >= 15 is 0 Å². The van der Waals surface area contributed by atoms with Crippen molar-refractivity contribution in [2.45, 2.75) is 49.9 Å². The Morgan fingerprint density at radius 1 is 1.24 bits per heavy atom. The number of carbonyl (C=O) groups excluding carboxylic acids is 1. The number of hydrogen-bond acceptors (Lipinski definition) is 3. The van der Waals surface area contributed by atoms with Crippen molar-refractivity contribution in [3.8, 4) is 0 Å². The second-order valence-electron chi connectivity index (χ2n) is 6.64. The molecule has 1 saturated heterocycles. The second-order valence-corrected chi connectivity index (χ2v) is 7.79. The van der Waals surface area contributed by atoms with E-state index in [1.807, 2.05) is 7.05 Å². The molecule has 5 nitrogen and oxygen atoms in total. The van der Waals surface area contributed by atoms with Gasteiger partial charge < -0.3 is 10.0 Å². The molecule has 3 rings (SSSR count). The van der Waals surface area contributed by atoms with E-state index in [-0.39, 0.29) is 11.4 Å². The van der Waals surface area contributed by atoms with Crippen LogP contribution in [0.1, 0.15) is 38.5 Å². The van der Waals surface area contributed by atoms with Crippen LogP contribution in [0.3, 0.4) is 0 Å². The summed E-state index contributed by atoms with van der Waals surface area (Å²) in [5.41, 5.74) is 0. The normalized spacial score (nSPS) is 29.9. The number of thioether (sulfide) groups is 1. The molecule has 3 fully saturated rings. The molecule has 3 aliphatic rings. The summed E-state index contributed by atoms with van der Waals surface area (Å²) in [5.74, 6) is 0.757. The zero-order chi connectivity index (χ0) is 15.0. The molecule has 2 aliphatic carbocycles. The SMILES string of the molecule is CN(CC1CCCC1)C(=O)N1C(C(=O)O)CSC1C1CC1. The van der Waals surface area contributed by atoms with E-state index in [0.29, 0.717) is 17.6 Å². The first kappa shape index (κ1) is 15.0.